The fraction of sp³-hybridized carbons (Fsp3) is 0.316. The number of rotatable bonds is 1. The van der Waals surface area contributed by atoms with Gasteiger partial charge in [0.2, 0.25) is 0 Å². The maximum atomic E-state index is 4.81. The summed E-state index contributed by atoms with van der Waals surface area (Å²) in [5, 5.41) is 0. The van der Waals surface area contributed by atoms with Gasteiger partial charge in [0.05, 0.1) is 6.54 Å². The predicted molar refractivity (Wildman–Crippen MR) is 104 cm³/mol. The molecule has 2 unspecified atom stereocenters. The van der Waals surface area contributed by atoms with E-state index in [0.717, 1.165) is 24.1 Å². The van der Waals surface area contributed by atoms with E-state index in [9.17, 15) is 0 Å². The van der Waals surface area contributed by atoms with Gasteiger partial charge in [-0.3, -0.25) is 4.99 Å². The highest BCUT2D eigenvalue weighted by atomic mass is 79.9. The summed E-state index contributed by atoms with van der Waals surface area (Å²) < 4.78 is 1.15. The maximum absolute atomic E-state index is 4.81. The smallest absolute Gasteiger partial charge is 0.134 e. The van der Waals surface area contributed by atoms with E-state index in [0.29, 0.717) is 12.1 Å². The molecule has 0 aliphatic carbocycles. The molecule has 0 spiro atoms. The lowest BCUT2D eigenvalue weighted by atomic mass is 9.93. The fourth-order valence-electron chi connectivity index (χ4n) is 4.34. The Kier molecular flexibility index (Phi) is 4.05. The molecule has 5 rings (SSSR count). The minimum Gasteiger partial charge on any atom is -0.350 e. The van der Waals surface area contributed by atoms with Gasteiger partial charge in [-0.05, 0) is 36.2 Å². The van der Waals surface area contributed by atoms with Gasteiger partial charge in [-0.2, -0.15) is 0 Å². The summed E-state index contributed by atoms with van der Waals surface area (Å²) in [6, 6.07) is 17.6. The van der Waals surface area contributed by atoms with Crippen molar-refractivity contribution in [1.29, 1.82) is 0 Å². The lowest BCUT2D eigenvalue weighted by Crippen LogP contribution is -2.53. The average Bonchev–Trinajstić information content (AvgIpc) is 3.22. The molecule has 0 bridgehead atoms. The molecule has 124 valence electrons. The number of amidine groups is 1. The molecule has 0 aromatic heterocycles. The Hall–Kier alpha value is -1.52. The fourth-order valence-corrected chi connectivity index (χ4v) is 4.61. The third-order valence-electron chi connectivity index (χ3n) is 5.31. The van der Waals surface area contributed by atoms with E-state index in [1.807, 2.05) is 0 Å². The Labute approximate surface area is 156 Å². The number of benzene rings is 2. The van der Waals surface area contributed by atoms with E-state index in [4.69, 9.17) is 4.99 Å². The van der Waals surface area contributed by atoms with Crippen LogP contribution in [-0.2, 0) is 0 Å². The molecule has 5 heteroatoms. The molecule has 1 saturated heterocycles. The Morgan fingerprint density at radius 1 is 0.958 bits per heavy atom. The first-order valence-electron chi connectivity index (χ1n) is 8.25. The van der Waals surface area contributed by atoms with Gasteiger partial charge in [0, 0.05) is 34.7 Å². The second-order valence-corrected chi connectivity index (χ2v) is 7.39. The third kappa shape index (κ3) is 2.27. The number of aliphatic imine (C=N–C) groups is 1. The lowest BCUT2D eigenvalue weighted by Gasteiger charge is -2.43. The molecule has 3 nitrogen and oxygen atoms in total. The van der Waals surface area contributed by atoms with E-state index in [2.05, 4.69) is 74.3 Å². The van der Waals surface area contributed by atoms with E-state index < -0.39 is 0 Å². The van der Waals surface area contributed by atoms with Gasteiger partial charge in [-0.15, -0.1) is 12.4 Å². The molecule has 0 radical (unpaired) electrons. The molecule has 2 aromatic carbocycles. The van der Waals surface area contributed by atoms with E-state index in [-0.39, 0.29) is 12.4 Å². The van der Waals surface area contributed by atoms with Crippen molar-refractivity contribution >= 4 is 39.9 Å². The van der Waals surface area contributed by atoms with Crippen molar-refractivity contribution in [3.63, 3.8) is 0 Å². The van der Waals surface area contributed by atoms with E-state index >= 15 is 0 Å². The van der Waals surface area contributed by atoms with Crippen LogP contribution in [0.25, 0.3) is 0 Å². The Bertz CT molecular complexity index is 789. The Morgan fingerprint density at radius 3 is 2.58 bits per heavy atom. The van der Waals surface area contributed by atoms with Crippen molar-refractivity contribution in [2.45, 2.75) is 18.5 Å². The van der Waals surface area contributed by atoms with Crippen LogP contribution in [0.15, 0.2) is 58.0 Å². The largest absolute Gasteiger partial charge is 0.350 e. The van der Waals surface area contributed by atoms with Crippen molar-refractivity contribution < 1.29 is 0 Å². The highest BCUT2D eigenvalue weighted by Gasteiger charge is 2.45. The maximum Gasteiger partial charge on any atom is 0.134 e. The Balaban J connectivity index is 0.00000146. The summed E-state index contributed by atoms with van der Waals surface area (Å²) in [5.41, 5.74) is 4.10. The molecule has 2 aromatic rings. The van der Waals surface area contributed by atoms with Crippen LogP contribution < -0.4 is 4.90 Å². The highest BCUT2D eigenvalue weighted by molar-refractivity contribution is 9.10. The second kappa shape index (κ2) is 6.08. The van der Waals surface area contributed by atoms with Crippen LogP contribution in [0.1, 0.15) is 23.5 Å². The lowest BCUT2D eigenvalue weighted by molar-refractivity contribution is 0.311. The molecule has 1 fully saturated rings. The molecule has 3 heterocycles. The molecule has 2 atom stereocenters. The first-order valence-corrected chi connectivity index (χ1v) is 9.05. The number of halogens is 2. The molecular formula is C19H19BrClN3. The number of hydrogen-bond acceptors (Lipinski definition) is 3. The van der Waals surface area contributed by atoms with Crippen LogP contribution in [-0.4, -0.2) is 36.5 Å². The molecule has 3 aliphatic heterocycles. The zero-order chi connectivity index (χ0) is 15.4. The highest BCUT2D eigenvalue weighted by Crippen LogP contribution is 2.44. The van der Waals surface area contributed by atoms with E-state index in [1.165, 1.54) is 29.1 Å². The molecular weight excluding hydrogens is 386 g/mol. The topological polar surface area (TPSA) is 18.8 Å². The minimum atomic E-state index is 0. The van der Waals surface area contributed by atoms with Crippen LogP contribution >= 0.6 is 28.3 Å². The van der Waals surface area contributed by atoms with Gasteiger partial charge in [-0.1, -0.05) is 40.2 Å². The first kappa shape index (κ1) is 16.0. The summed E-state index contributed by atoms with van der Waals surface area (Å²) in [6.07, 6.45) is 1.61. The van der Waals surface area contributed by atoms with Gasteiger partial charge in [0.1, 0.15) is 12.0 Å². The standard InChI is InChI=1S/C19H18BrN3.ClH/c20-14-7-5-13(6-8-14)15-9-11-22-17-4-2-1-3-16(17)18-21-10-12-23(18)19(15)22;/h1-8,15,19H,9-12H2;1H. The van der Waals surface area contributed by atoms with Crippen LogP contribution in [0, 0.1) is 0 Å². The summed E-state index contributed by atoms with van der Waals surface area (Å²) in [4.78, 5) is 9.93. The normalized spacial score (nSPS) is 24.0. The van der Waals surface area contributed by atoms with E-state index in [1.54, 1.807) is 0 Å². The van der Waals surface area contributed by atoms with Gasteiger partial charge < -0.3 is 9.80 Å². The second-order valence-electron chi connectivity index (χ2n) is 6.47. The molecule has 24 heavy (non-hydrogen) atoms. The zero-order valence-electron chi connectivity index (χ0n) is 13.2. The van der Waals surface area contributed by atoms with Crippen LogP contribution in [0.3, 0.4) is 0 Å². The zero-order valence-corrected chi connectivity index (χ0v) is 15.6. The van der Waals surface area contributed by atoms with Crippen molar-refractivity contribution in [2.75, 3.05) is 24.5 Å². The SMILES string of the molecule is Brc1ccc(C2CCN3c4ccccc4C4=NCCN4C23)cc1.Cl. The molecule has 0 amide bonds. The predicted octanol–water partition coefficient (Wildman–Crippen LogP) is 4.27. The van der Waals surface area contributed by atoms with Crippen LogP contribution in [0.5, 0.6) is 0 Å². The van der Waals surface area contributed by atoms with Crippen molar-refractivity contribution in [3.05, 3.63) is 64.1 Å². The molecule has 0 N–H and O–H groups in total. The van der Waals surface area contributed by atoms with Gasteiger partial charge >= 0.3 is 0 Å². The quantitative estimate of drug-likeness (QED) is 0.707. The summed E-state index contributed by atoms with van der Waals surface area (Å²) in [7, 11) is 0. The van der Waals surface area contributed by atoms with Crippen LogP contribution in [0.2, 0.25) is 0 Å². The van der Waals surface area contributed by atoms with Crippen molar-refractivity contribution in [2.24, 2.45) is 4.99 Å². The molecule has 3 aliphatic rings. The van der Waals surface area contributed by atoms with Crippen molar-refractivity contribution in [1.82, 2.24) is 4.90 Å². The van der Waals surface area contributed by atoms with Crippen LogP contribution in [0.4, 0.5) is 5.69 Å². The third-order valence-corrected chi connectivity index (χ3v) is 5.84. The Morgan fingerprint density at radius 2 is 1.75 bits per heavy atom. The first-order chi connectivity index (χ1) is 11.3. The summed E-state index contributed by atoms with van der Waals surface area (Å²) in [6.45, 7) is 3.07. The van der Waals surface area contributed by atoms with Gasteiger partial charge in [0.25, 0.3) is 0 Å². The number of fused-ring (bicyclic) bond motifs is 6. The van der Waals surface area contributed by atoms with Crippen molar-refractivity contribution in [3.8, 4) is 0 Å². The summed E-state index contributed by atoms with van der Waals surface area (Å²) in [5.74, 6) is 1.74. The number of anilines is 1. The monoisotopic (exact) mass is 403 g/mol. The summed E-state index contributed by atoms with van der Waals surface area (Å²) >= 11 is 3.55. The number of para-hydroxylation sites is 1. The molecule has 0 saturated carbocycles. The number of nitrogens with zero attached hydrogens (tertiary/aromatic N) is 3. The van der Waals surface area contributed by atoms with Gasteiger partial charge in [0.15, 0.2) is 0 Å². The average molecular weight is 405 g/mol. The minimum absolute atomic E-state index is 0. The van der Waals surface area contributed by atoms with Gasteiger partial charge in [-0.25, -0.2) is 0 Å². The number of hydrogen-bond donors (Lipinski definition) is 0.